The third kappa shape index (κ3) is 9.61. The van der Waals surface area contributed by atoms with Crippen molar-refractivity contribution in [1.82, 2.24) is 0 Å². The number of aliphatic hydroxyl groups excluding tert-OH is 3. The highest BCUT2D eigenvalue weighted by Gasteiger charge is 2.27. The fourth-order valence-corrected chi connectivity index (χ4v) is 3.19. The zero-order valence-electron chi connectivity index (χ0n) is 17.5. The summed E-state index contributed by atoms with van der Waals surface area (Å²) in [5.74, 6) is 0.825. The maximum Gasteiger partial charge on any atom is 0.116 e. The minimum Gasteiger partial charge on any atom is -0.495 e. The molecule has 164 valence electrons. The van der Waals surface area contributed by atoms with Crippen LogP contribution in [-0.4, -0.2) is 58.4 Å². The van der Waals surface area contributed by atoms with Crippen LogP contribution in [0, 0.1) is 5.41 Å². The maximum atomic E-state index is 9.56. The zero-order valence-corrected chi connectivity index (χ0v) is 19.7. The molecule has 1 aliphatic rings. The summed E-state index contributed by atoms with van der Waals surface area (Å²) in [5.41, 5.74) is 2.33. The largest absolute Gasteiger partial charge is 0.495 e. The predicted octanol–water partition coefficient (Wildman–Crippen LogP) is 3.86. The van der Waals surface area contributed by atoms with Gasteiger partial charge >= 0.3 is 0 Å². The number of allylic oxidation sites excluding steroid dienone is 8. The summed E-state index contributed by atoms with van der Waals surface area (Å²) >= 11 is 2.14. The van der Waals surface area contributed by atoms with Crippen LogP contribution < -0.4 is 0 Å². The van der Waals surface area contributed by atoms with Gasteiger partial charge in [0.05, 0.1) is 31.7 Å². The van der Waals surface area contributed by atoms with Crippen LogP contribution in [0.3, 0.4) is 0 Å². The molecule has 6 heteroatoms. The van der Waals surface area contributed by atoms with Gasteiger partial charge in [-0.05, 0) is 24.5 Å². The Labute approximate surface area is 188 Å². The Morgan fingerprint density at radius 1 is 1.24 bits per heavy atom. The van der Waals surface area contributed by atoms with E-state index < -0.39 is 12.2 Å². The SMILES string of the molecule is C=CC/C=C(\C=C/COCC(O)CI)C(C)(C)C1=CC=C(OCC(O)CO)CC1. The average Bonchev–Trinajstić information content (AvgIpc) is 2.73. The van der Waals surface area contributed by atoms with Gasteiger partial charge in [0.1, 0.15) is 12.7 Å². The molecule has 0 fully saturated rings. The Bertz CT molecular complexity index is 619. The summed E-state index contributed by atoms with van der Waals surface area (Å²) in [6.45, 7) is 8.82. The van der Waals surface area contributed by atoms with Gasteiger partial charge in [0.2, 0.25) is 0 Å². The van der Waals surface area contributed by atoms with E-state index in [1.807, 2.05) is 18.2 Å². The van der Waals surface area contributed by atoms with E-state index in [4.69, 9.17) is 14.6 Å². The van der Waals surface area contributed by atoms with Crippen LogP contribution in [0.2, 0.25) is 0 Å². The zero-order chi connectivity index (χ0) is 21.7. The first kappa shape index (κ1) is 26.1. The van der Waals surface area contributed by atoms with E-state index in [1.165, 1.54) is 11.1 Å². The molecule has 0 aromatic heterocycles. The Morgan fingerprint density at radius 3 is 2.59 bits per heavy atom. The van der Waals surface area contributed by atoms with Crippen LogP contribution in [0.1, 0.15) is 33.1 Å². The molecule has 0 heterocycles. The third-order valence-corrected chi connectivity index (χ3v) is 5.83. The molecule has 2 atom stereocenters. The fourth-order valence-electron chi connectivity index (χ4n) is 2.93. The smallest absolute Gasteiger partial charge is 0.116 e. The summed E-state index contributed by atoms with van der Waals surface area (Å²) in [4.78, 5) is 0. The molecule has 0 aliphatic heterocycles. The summed E-state index contributed by atoms with van der Waals surface area (Å²) in [6.07, 6.45) is 13.3. The van der Waals surface area contributed by atoms with E-state index in [0.29, 0.717) is 17.6 Å². The molecule has 0 saturated heterocycles. The number of hydrogen-bond acceptors (Lipinski definition) is 5. The molecule has 3 N–H and O–H groups in total. The lowest BCUT2D eigenvalue weighted by atomic mass is 9.73. The fraction of sp³-hybridized carbons (Fsp3) is 0.565. The first-order valence-corrected chi connectivity index (χ1v) is 11.5. The normalized spacial score (nSPS) is 17.7. The van der Waals surface area contributed by atoms with Gasteiger partial charge in [-0.15, -0.1) is 6.58 Å². The van der Waals surface area contributed by atoms with E-state index in [0.717, 1.165) is 25.0 Å². The van der Waals surface area contributed by atoms with Gasteiger partial charge in [0.15, 0.2) is 0 Å². The molecule has 0 spiro atoms. The highest BCUT2D eigenvalue weighted by Crippen LogP contribution is 2.40. The molecular weight excluding hydrogens is 483 g/mol. The van der Waals surface area contributed by atoms with Crippen LogP contribution >= 0.6 is 22.6 Å². The average molecular weight is 518 g/mol. The Kier molecular flexibility index (Phi) is 12.7. The van der Waals surface area contributed by atoms with E-state index in [2.05, 4.69) is 61.2 Å². The van der Waals surface area contributed by atoms with Crippen LogP contribution in [0.5, 0.6) is 0 Å². The summed E-state index contributed by atoms with van der Waals surface area (Å²) in [7, 11) is 0. The number of alkyl halides is 1. The van der Waals surface area contributed by atoms with Gasteiger partial charge in [0, 0.05) is 16.3 Å². The molecule has 0 aromatic rings. The lowest BCUT2D eigenvalue weighted by molar-refractivity contribution is 0.0280. The topological polar surface area (TPSA) is 79.2 Å². The molecule has 0 amide bonds. The Balaban J connectivity index is 2.80. The predicted molar refractivity (Wildman–Crippen MR) is 126 cm³/mol. The minimum atomic E-state index is -0.850. The Hall–Kier alpha value is -0.930. The molecule has 0 aromatic carbocycles. The molecule has 5 nitrogen and oxygen atoms in total. The number of rotatable bonds is 14. The highest BCUT2D eigenvalue weighted by atomic mass is 127. The lowest BCUT2D eigenvalue weighted by Crippen LogP contribution is -2.21. The summed E-state index contributed by atoms with van der Waals surface area (Å²) in [5, 5.41) is 27.9. The second kappa shape index (κ2) is 14.1. The van der Waals surface area contributed by atoms with Crippen molar-refractivity contribution < 1.29 is 24.8 Å². The standard InChI is InChI=1S/C23H35IO5/c1-4-5-7-18(8-6-13-28-16-20(26)14-24)23(2,3)19-9-11-22(12-10-19)29-17-21(27)15-25/h4,6-9,11,20-21,25-27H,1,5,10,12-17H2,2-3H3/b8-6-,18-7+. The van der Waals surface area contributed by atoms with Gasteiger partial charge in [-0.3, -0.25) is 0 Å². The highest BCUT2D eigenvalue weighted by molar-refractivity contribution is 14.1. The van der Waals surface area contributed by atoms with Crippen molar-refractivity contribution in [3.05, 3.63) is 59.9 Å². The molecule has 0 saturated carbocycles. The molecule has 1 aliphatic carbocycles. The van der Waals surface area contributed by atoms with Gasteiger partial charge in [-0.1, -0.05) is 72.4 Å². The quantitative estimate of drug-likeness (QED) is 0.107. The van der Waals surface area contributed by atoms with E-state index >= 15 is 0 Å². The van der Waals surface area contributed by atoms with Crippen LogP contribution in [-0.2, 0) is 9.47 Å². The third-order valence-electron chi connectivity index (χ3n) is 4.81. The van der Waals surface area contributed by atoms with E-state index in [1.54, 1.807) is 0 Å². The van der Waals surface area contributed by atoms with Crippen molar-refractivity contribution in [2.24, 2.45) is 5.41 Å². The van der Waals surface area contributed by atoms with Crippen molar-refractivity contribution in [1.29, 1.82) is 0 Å². The van der Waals surface area contributed by atoms with Gasteiger partial charge < -0.3 is 24.8 Å². The van der Waals surface area contributed by atoms with Crippen LogP contribution in [0.15, 0.2) is 59.9 Å². The van der Waals surface area contributed by atoms with Crippen molar-refractivity contribution in [3.8, 4) is 0 Å². The minimum absolute atomic E-state index is 0.106. The molecule has 1 rings (SSSR count). The molecule has 0 bridgehead atoms. The van der Waals surface area contributed by atoms with Crippen LogP contribution in [0.25, 0.3) is 0 Å². The van der Waals surface area contributed by atoms with Crippen molar-refractivity contribution in [2.45, 2.75) is 45.3 Å². The van der Waals surface area contributed by atoms with Crippen molar-refractivity contribution in [2.75, 3.05) is 30.9 Å². The second-order valence-electron chi connectivity index (χ2n) is 7.53. The first-order valence-electron chi connectivity index (χ1n) is 9.96. The monoisotopic (exact) mass is 518 g/mol. The van der Waals surface area contributed by atoms with Gasteiger partial charge in [-0.2, -0.15) is 0 Å². The Morgan fingerprint density at radius 2 is 2.00 bits per heavy atom. The van der Waals surface area contributed by atoms with Crippen molar-refractivity contribution in [3.63, 3.8) is 0 Å². The van der Waals surface area contributed by atoms with Gasteiger partial charge in [-0.25, -0.2) is 0 Å². The van der Waals surface area contributed by atoms with Gasteiger partial charge in [0.25, 0.3) is 0 Å². The summed E-state index contributed by atoms with van der Waals surface area (Å²) < 4.78 is 11.7. The van der Waals surface area contributed by atoms with Crippen LogP contribution in [0.4, 0.5) is 0 Å². The van der Waals surface area contributed by atoms with Crippen molar-refractivity contribution >= 4 is 22.6 Å². The number of ether oxygens (including phenoxy) is 2. The molecular formula is C23H35IO5. The van der Waals surface area contributed by atoms with E-state index in [-0.39, 0.29) is 18.6 Å². The number of aliphatic hydroxyl groups is 3. The number of halogens is 1. The second-order valence-corrected chi connectivity index (χ2v) is 8.41. The summed E-state index contributed by atoms with van der Waals surface area (Å²) in [6, 6.07) is 0. The molecule has 2 unspecified atom stereocenters. The lowest BCUT2D eigenvalue weighted by Gasteiger charge is -2.32. The van der Waals surface area contributed by atoms with E-state index in [9.17, 15) is 10.2 Å². The number of hydrogen-bond donors (Lipinski definition) is 3. The molecule has 29 heavy (non-hydrogen) atoms. The maximum absolute atomic E-state index is 9.56. The first-order chi connectivity index (χ1) is 13.8. The molecule has 0 radical (unpaired) electrons.